The summed E-state index contributed by atoms with van der Waals surface area (Å²) in [4.78, 5) is 0. The Morgan fingerprint density at radius 3 is 1.96 bits per heavy atom. The van der Waals surface area contributed by atoms with E-state index in [0.29, 0.717) is 19.8 Å². The van der Waals surface area contributed by atoms with E-state index < -0.39 is 29.9 Å². The first kappa shape index (κ1) is 21.3. The van der Waals surface area contributed by atoms with Crippen LogP contribution in [0.4, 0.5) is 0 Å². The second-order valence-corrected chi connectivity index (χ2v) is 7.25. The van der Waals surface area contributed by atoms with Crippen LogP contribution in [-0.4, -0.2) is 48.2 Å². The number of ether oxygens (including phenoxy) is 4. The molecule has 2 aromatic carbocycles. The molecule has 0 aliphatic carbocycles. The average molecular weight is 405 g/mol. The fourth-order valence-electron chi connectivity index (χ4n) is 3.18. The van der Waals surface area contributed by atoms with E-state index in [9.17, 15) is 5.11 Å². The van der Waals surface area contributed by atoms with Crippen LogP contribution in [0.2, 0.25) is 0 Å². The summed E-state index contributed by atoms with van der Waals surface area (Å²) in [7, 11) is 0. The lowest BCUT2D eigenvalue weighted by Crippen LogP contribution is -2.59. The molecule has 5 atom stereocenters. The van der Waals surface area contributed by atoms with Crippen molar-refractivity contribution in [3.8, 4) is 0 Å². The van der Waals surface area contributed by atoms with Crippen LogP contribution in [0.25, 0.3) is 0 Å². The molecular formula is C22H28O5S. The quantitative estimate of drug-likeness (QED) is 0.629. The summed E-state index contributed by atoms with van der Waals surface area (Å²) in [5.41, 5.74) is 1.54. The van der Waals surface area contributed by atoms with Crippen molar-refractivity contribution in [2.75, 3.05) is 13.2 Å². The highest BCUT2D eigenvalue weighted by atomic mass is 32.1. The molecule has 0 unspecified atom stereocenters. The molecule has 152 valence electrons. The van der Waals surface area contributed by atoms with Crippen molar-refractivity contribution in [2.45, 2.75) is 50.0 Å². The van der Waals surface area contributed by atoms with Crippen molar-refractivity contribution in [1.82, 2.24) is 0 Å². The van der Waals surface area contributed by atoms with Gasteiger partial charge < -0.3 is 24.1 Å². The van der Waals surface area contributed by atoms with E-state index in [-0.39, 0.29) is 6.61 Å². The van der Waals surface area contributed by atoms with E-state index in [4.69, 9.17) is 18.9 Å². The van der Waals surface area contributed by atoms with Gasteiger partial charge in [-0.2, -0.15) is 0 Å². The number of thiol groups is 1. The largest absolute Gasteiger partial charge is 0.387 e. The summed E-state index contributed by atoms with van der Waals surface area (Å²) in [5, 5.41) is 10.9. The first-order valence-electron chi connectivity index (χ1n) is 9.59. The molecule has 3 rings (SSSR count). The van der Waals surface area contributed by atoms with E-state index in [1.54, 1.807) is 0 Å². The molecule has 1 fully saturated rings. The van der Waals surface area contributed by atoms with Crippen LogP contribution in [0.15, 0.2) is 60.7 Å². The Balaban J connectivity index is 1.70. The van der Waals surface area contributed by atoms with E-state index in [1.165, 1.54) is 0 Å². The third kappa shape index (κ3) is 5.80. The Hall–Kier alpha value is -1.41. The SMILES string of the molecule is CCOC[C@H]1O[C@@H](S)[C@H](OCc2ccccc2)[C@@H](OCc2ccccc2)[C@@H]1O. The van der Waals surface area contributed by atoms with E-state index in [1.807, 2.05) is 67.6 Å². The fraction of sp³-hybridized carbons (Fsp3) is 0.455. The number of benzene rings is 2. The second-order valence-electron chi connectivity index (χ2n) is 6.74. The van der Waals surface area contributed by atoms with Gasteiger partial charge in [-0.05, 0) is 18.1 Å². The van der Waals surface area contributed by atoms with Crippen LogP contribution in [0.5, 0.6) is 0 Å². The minimum Gasteiger partial charge on any atom is -0.387 e. The molecule has 0 aromatic heterocycles. The average Bonchev–Trinajstić information content (AvgIpc) is 2.73. The Kier molecular flexibility index (Phi) is 8.33. The lowest BCUT2D eigenvalue weighted by atomic mass is 9.99. The summed E-state index contributed by atoms with van der Waals surface area (Å²) < 4.78 is 23.5. The van der Waals surface area contributed by atoms with Gasteiger partial charge in [0.2, 0.25) is 0 Å². The molecule has 0 saturated carbocycles. The van der Waals surface area contributed by atoms with Gasteiger partial charge in [-0.3, -0.25) is 0 Å². The second kappa shape index (κ2) is 11.0. The molecule has 2 aromatic rings. The Morgan fingerprint density at radius 2 is 1.43 bits per heavy atom. The molecule has 1 aliphatic rings. The van der Waals surface area contributed by atoms with Gasteiger partial charge in [0.15, 0.2) is 0 Å². The zero-order valence-corrected chi connectivity index (χ0v) is 16.9. The summed E-state index contributed by atoms with van der Waals surface area (Å²) in [6.45, 7) is 3.50. The molecule has 0 bridgehead atoms. The normalized spacial score (nSPS) is 27.6. The molecule has 1 N–H and O–H groups in total. The van der Waals surface area contributed by atoms with Crippen LogP contribution in [0.3, 0.4) is 0 Å². The Morgan fingerprint density at radius 1 is 0.893 bits per heavy atom. The van der Waals surface area contributed by atoms with Crippen molar-refractivity contribution in [3.05, 3.63) is 71.8 Å². The fourth-order valence-corrected chi connectivity index (χ4v) is 3.59. The maximum Gasteiger partial charge on any atom is 0.129 e. The third-order valence-corrected chi connectivity index (χ3v) is 5.11. The first-order valence-corrected chi connectivity index (χ1v) is 10.1. The van der Waals surface area contributed by atoms with Gasteiger partial charge in [-0.25, -0.2) is 0 Å². The summed E-state index contributed by atoms with van der Waals surface area (Å²) in [6, 6.07) is 19.7. The molecule has 5 nitrogen and oxygen atoms in total. The van der Waals surface area contributed by atoms with Gasteiger partial charge in [0.1, 0.15) is 29.9 Å². The highest BCUT2D eigenvalue weighted by Gasteiger charge is 2.45. The molecule has 6 heteroatoms. The standard InChI is InChI=1S/C22H28O5S/c1-2-24-15-18-19(23)20(25-13-16-9-5-3-6-10-16)21(22(28)27-18)26-14-17-11-7-4-8-12-17/h3-12,18-23,28H,2,13-15H2,1H3/t18-,19-,20+,21-,22+/m1/s1. The van der Waals surface area contributed by atoms with Crippen molar-refractivity contribution < 1.29 is 24.1 Å². The lowest BCUT2D eigenvalue weighted by molar-refractivity contribution is -0.239. The summed E-state index contributed by atoms with van der Waals surface area (Å²) in [6.07, 6.45) is -2.48. The molecule has 0 spiro atoms. The summed E-state index contributed by atoms with van der Waals surface area (Å²) >= 11 is 4.57. The highest BCUT2D eigenvalue weighted by molar-refractivity contribution is 7.80. The first-order chi connectivity index (χ1) is 13.7. The van der Waals surface area contributed by atoms with Crippen molar-refractivity contribution in [1.29, 1.82) is 0 Å². The van der Waals surface area contributed by atoms with Gasteiger partial charge in [0.05, 0.1) is 19.8 Å². The number of hydrogen-bond acceptors (Lipinski definition) is 6. The summed E-state index contributed by atoms with van der Waals surface area (Å²) in [5.74, 6) is 0. The van der Waals surface area contributed by atoms with Gasteiger partial charge in [-0.15, -0.1) is 12.6 Å². The highest BCUT2D eigenvalue weighted by Crippen LogP contribution is 2.29. The maximum absolute atomic E-state index is 10.9. The molecule has 1 aliphatic heterocycles. The third-order valence-electron chi connectivity index (χ3n) is 4.69. The maximum atomic E-state index is 10.9. The predicted molar refractivity (Wildman–Crippen MR) is 110 cm³/mol. The number of aliphatic hydroxyl groups excluding tert-OH is 1. The van der Waals surface area contributed by atoms with Crippen LogP contribution < -0.4 is 0 Å². The number of aliphatic hydroxyl groups is 1. The van der Waals surface area contributed by atoms with Crippen LogP contribution in [0, 0.1) is 0 Å². The zero-order chi connectivity index (χ0) is 19.8. The van der Waals surface area contributed by atoms with E-state index in [2.05, 4.69) is 12.6 Å². The molecular weight excluding hydrogens is 376 g/mol. The van der Waals surface area contributed by atoms with Crippen molar-refractivity contribution in [2.24, 2.45) is 0 Å². The Labute approximate surface area is 172 Å². The van der Waals surface area contributed by atoms with Gasteiger partial charge in [0, 0.05) is 6.61 Å². The molecule has 0 radical (unpaired) electrons. The number of hydrogen-bond donors (Lipinski definition) is 2. The Bertz CT molecular complexity index is 684. The minimum absolute atomic E-state index is 0.283. The van der Waals surface area contributed by atoms with Gasteiger partial charge in [-0.1, -0.05) is 60.7 Å². The van der Waals surface area contributed by atoms with Crippen LogP contribution in [-0.2, 0) is 32.2 Å². The topological polar surface area (TPSA) is 57.2 Å². The van der Waals surface area contributed by atoms with Crippen LogP contribution >= 0.6 is 12.6 Å². The smallest absolute Gasteiger partial charge is 0.129 e. The monoisotopic (exact) mass is 404 g/mol. The predicted octanol–water partition coefficient (Wildman–Crippen LogP) is 3.21. The molecule has 0 amide bonds. The zero-order valence-electron chi connectivity index (χ0n) is 16.0. The van der Waals surface area contributed by atoms with Gasteiger partial charge >= 0.3 is 0 Å². The van der Waals surface area contributed by atoms with Crippen LogP contribution in [0.1, 0.15) is 18.1 Å². The lowest BCUT2D eigenvalue weighted by Gasteiger charge is -2.43. The molecule has 1 heterocycles. The van der Waals surface area contributed by atoms with Crippen molar-refractivity contribution >= 4 is 12.6 Å². The molecule has 1 saturated heterocycles. The van der Waals surface area contributed by atoms with Crippen molar-refractivity contribution in [3.63, 3.8) is 0 Å². The molecule has 28 heavy (non-hydrogen) atoms. The number of rotatable bonds is 9. The minimum atomic E-state index is -0.876. The van der Waals surface area contributed by atoms with E-state index in [0.717, 1.165) is 11.1 Å². The van der Waals surface area contributed by atoms with Gasteiger partial charge in [0.25, 0.3) is 0 Å². The van der Waals surface area contributed by atoms with E-state index >= 15 is 0 Å².